The molecule has 0 atom stereocenters. The van der Waals surface area contributed by atoms with Crippen LogP contribution in [0.25, 0.3) is 0 Å². The molecule has 18 heavy (non-hydrogen) atoms. The van der Waals surface area contributed by atoms with E-state index < -0.39 is 5.54 Å². The summed E-state index contributed by atoms with van der Waals surface area (Å²) in [4.78, 5) is 12.1. The maximum atomic E-state index is 12.1. The van der Waals surface area contributed by atoms with Crippen LogP contribution in [-0.4, -0.2) is 33.4 Å². The zero-order valence-corrected chi connectivity index (χ0v) is 10.6. The molecule has 1 aliphatic rings. The first kappa shape index (κ1) is 13.0. The fourth-order valence-electron chi connectivity index (χ4n) is 2.38. The van der Waals surface area contributed by atoms with Crippen molar-refractivity contribution in [2.45, 2.75) is 38.1 Å². The third-order valence-electron chi connectivity index (χ3n) is 3.76. The third kappa shape index (κ3) is 2.85. The Morgan fingerprint density at radius 3 is 2.78 bits per heavy atom. The number of amides is 1. The van der Waals surface area contributed by atoms with E-state index in [1.54, 1.807) is 6.07 Å². The lowest BCUT2D eigenvalue weighted by atomic mass is 9.77. The summed E-state index contributed by atoms with van der Waals surface area (Å²) >= 11 is 0. The van der Waals surface area contributed by atoms with Crippen LogP contribution < -0.4 is 5.32 Å². The summed E-state index contributed by atoms with van der Waals surface area (Å²) in [7, 11) is 0. The molecule has 0 aliphatic heterocycles. The zero-order chi connectivity index (χ0) is 13.0. The van der Waals surface area contributed by atoms with Crippen molar-refractivity contribution in [3.63, 3.8) is 0 Å². The minimum atomic E-state index is -0.465. The monoisotopic (exact) mass is 249 g/mol. The van der Waals surface area contributed by atoms with Crippen molar-refractivity contribution in [3.8, 4) is 0 Å². The molecule has 1 fully saturated rings. The minimum Gasteiger partial charge on any atom is -0.394 e. The van der Waals surface area contributed by atoms with Gasteiger partial charge < -0.3 is 10.4 Å². The SMILES string of the molecule is CC1CCC(CO)(NC(=O)c2ccnnc2)CC1. The lowest BCUT2D eigenvalue weighted by molar-refractivity contribution is 0.0716. The molecule has 5 heteroatoms. The number of nitrogens with one attached hydrogen (secondary N) is 1. The topological polar surface area (TPSA) is 75.1 Å². The molecule has 2 N–H and O–H groups in total. The van der Waals surface area contributed by atoms with E-state index in [9.17, 15) is 9.90 Å². The number of hydrogen-bond acceptors (Lipinski definition) is 4. The van der Waals surface area contributed by atoms with Gasteiger partial charge in [0, 0.05) is 0 Å². The van der Waals surface area contributed by atoms with Crippen molar-refractivity contribution in [1.29, 1.82) is 0 Å². The number of carbonyl (C=O) groups excluding carboxylic acids is 1. The maximum Gasteiger partial charge on any atom is 0.253 e. The van der Waals surface area contributed by atoms with E-state index >= 15 is 0 Å². The normalized spacial score (nSPS) is 27.8. The predicted octanol–water partition coefficient (Wildman–Crippen LogP) is 1.15. The lowest BCUT2D eigenvalue weighted by Gasteiger charge is -2.38. The highest BCUT2D eigenvalue weighted by atomic mass is 16.3. The Kier molecular flexibility index (Phi) is 3.91. The van der Waals surface area contributed by atoms with E-state index in [-0.39, 0.29) is 12.5 Å². The van der Waals surface area contributed by atoms with Gasteiger partial charge in [0.2, 0.25) is 0 Å². The molecule has 1 saturated carbocycles. The van der Waals surface area contributed by atoms with Crippen LogP contribution in [0.1, 0.15) is 43.0 Å². The average molecular weight is 249 g/mol. The van der Waals surface area contributed by atoms with E-state index in [4.69, 9.17) is 0 Å². The van der Waals surface area contributed by atoms with Crippen LogP contribution in [0.5, 0.6) is 0 Å². The van der Waals surface area contributed by atoms with E-state index in [0.717, 1.165) is 25.7 Å². The predicted molar refractivity (Wildman–Crippen MR) is 66.9 cm³/mol. The van der Waals surface area contributed by atoms with Gasteiger partial charge in [-0.1, -0.05) is 6.92 Å². The number of hydrogen-bond donors (Lipinski definition) is 2. The van der Waals surface area contributed by atoms with E-state index in [1.807, 2.05) is 0 Å². The molecule has 1 heterocycles. The van der Waals surface area contributed by atoms with Crippen molar-refractivity contribution in [1.82, 2.24) is 15.5 Å². The van der Waals surface area contributed by atoms with Crippen LogP contribution in [0.15, 0.2) is 18.5 Å². The Hall–Kier alpha value is -1.49. The van der Waals surface area contributed by atoms with Crippen LogP contribution in [0.3, 0.4) is 0 Å². The Labute approximate surface area is 107 Å². The van der Waals surface area contributed by atoms with Crippen LogP contribution in [0, 0.1) is 5.92 Å². The summed E-state index contributed by atoms with van der Waals surface area (Å²) in [5.74, 6) is 0.484. The van der Waals surface area contributed by atoms with Gasteiger partial charge in [-0.2, -0.15) is 10.2 Å². The number of aliphatic hydroxyl groups is 1. The molecular weight excluding hydrogens is 230 g/mol. The molecule has 98 valence electrons. The quantitative estimate of drug-likeness (QED) is 0.842. The molecule has 1 aromatic rings. The first-order chi connectivity index (χ1) is 8.65. The van der Waals surface area contributed by atoms with Gasteiger partial charge in [0.05, 0.1) is 30.1 Å². The van der Waals surface area contributed by atoms with Gasteiger partial charge in [-0.3, -0.25) is 4.79 Å². The second kappa shape index (κ2) is 5.44. The smallest absolute Gasteiger partial charge is 0.253 e. The molecule has 0 spiro atoms. The van der Waals surface area contributed by atoms with Crippen molar-refractivity contribution in [3.05, 3.63) is 24.0 Å². The molecule has 0 aromatic carbocycles. The van der Waals surface area contributed by atoms with Gasteiger partial charge in [0.15, 0.2) is 0 Å². The van der Waals surface area contributed by atoms with Gasteiger partial charge in [-0.15, -0.1) is 0 Å². The lowest BCUT2D eigenvalue weighted by Crippen LogP contribution is -2.53. The van der Waals surface area contributed by atoms with Gasteiger partial charge in [-0.25, -0.2) is 0 Å². The molecule has 2 rings (SSSR count). The van der Waals surface area contributed by atoms with Gasteiger partial charge in [0.1, 0.15) is 0 Å². The highest BCUT2D eigenvalue weighted by Crippen LogP contribution is 2.31. The summed E-state index contributed by atoms with van der Waals surface area (Å²) in [6.07, 6.45) is 6.66. The number of rotatable bonds is 3. The molecule has 0 unspecified atom stereocenters. The number of aliphatic hydroxyl groups excluding tert-OH is 1. The van der Waals surface area contributed by atoms with E-state index in [0.29, 0.717) is 11.5 Å². The molecule has 1 aromatic heterocycles. The second-order valence-corrected chi connectivity index (χ2v) is 5.21. The number of nitrogens with zero attached hydrogens (tertiary/aromatic N) is 2. The summed E-state index contributed by atoms with van der Waals surface area (Å²) in [5, 5.41) is 19.9. The first-order valence-electron chi connectivity index (χ1n) is 6.35. The molecule has 5 nitrogen and oxygen atoms in total. The molecule has 1 aliphatic carbocycles. The largest absolute Gasteiger partial charge is 0.394 e. The first-order valence-corrected chi connectivity index (χ1v) is 6.35. The molecular formula is C13H19N3O2. The summed E-state index contributed by atoms with van der Waals surface area (Å²) < 4.78 is 0. The Balaban J connectivity index is 2.05. The van der Waals surface area contributed by atoms with Crippen LogP contribution in [0.2, 0.25) is 0 Å². The number of carbonyl (C=O) groups is 1. The minimum absolute atomic E-state index is 0.00995. The molecule has 0 saturated heterocycles. The maximum absolute atomic E-state index is 12.1. The fourth-order valence-corrected chi connectivity index (χ4v) is 2.38. The van der Waals surface area contributed by atoms with Crippen LogP contribution in [0.4, 0.5) is 0 Å². The van der Waals surface area contributed by atoms with Crippen molar-refractivity contribution < 1.29 is 9.90 Å². The Bertz CT molecular complexity index is 400. The fraction of sp³-hybridized carbons (Fsp3) is 0.615. The average Bonchev–Trinajstić information content (AvgIpc) is 2.43. The highest BCUT2D eigenvalue weighted by Gasteiger charge is 2.35. The summed E-state index contributed by atoms with van der Waals surface area (Å²) in [6.45, 7) is 2.19. The van der Waals surface area contributed by atoms with Gasteiger partial charge in [0.25, 0.3) is 5.91 Å². The molecule has 0 radical (unpaired) electrons. The van der Waals surface area contributed by atoms with Crippen molar-refractivity contribution >= 4 is 5.91 Å². The van der Waals surface area contributed by atoms with Gasteiger partial charge in [-0.05, 0) is 37.7 Å². The van der Waals surface area contributed by atoms with Crippen molar-refractivity contribution in [2.24, 2.45) is 5.92 Å². The third-order valence-corrected chi connectivity index (χ3v) is 3.76. The van der Waals surface area contributed by atoms with E-state index in [1.165, 1.54) is 12.4 Å². The Morgan fingerprint density at radius 1 is 1.50 bits per heavy atom. The zero-order valence-electron chi connectivity index (χ0n) is 10.6. The summed E-state index contributed by atoms with van der Waals surface area (Å²) in [6, 6.07) is 1.62. The Morgan fingerprint density at radius 2 is 2.22 bits per heavy atom. The van der Waals surface area contributed by atoms with E-state index in [2.05, 4.69) is 22.4 Å². The standard InChI is InChI=1S/C13H19N3O2/c1-10-2-5-13(9-17,6-3-10)16-12(18)11-4-7-14-15-8-11/h4,7-8,10,17H,2-3,5-6,9H2,1H3,(H,16,18). The van der Waals surface area contributed by atoms with Crippen molar-refractivity contribution in [2.75, 3.05) is 6.61 Å². The van der Waals surface area contributed by atoms with Gasteiger partial charge >= 0.3 is 0 Å². The summed E-state index contributed by atoms with van der Waals surface area (Å²) in [5.41, 5.74) is 0.0174. The molecule has 1 amide bonds. The second-order valence-electron chi connectivity index (χ2n) is 5.21. The highest BCUT2D eigenvalue weighted by molar-refractivity contribution is 5.94. The van der Waals surface area contributed by atoms with Crippen LogP contribution in [-0.2, 0) is 0 Å². The van der Waals surface area contributed by atoms with Crippen LogP contribution >= 0.6 is 0 Å². The molecule has 0 bridgehead atoms. The number of aromatic nitrogens is 2.